The third-order valence-corrected chi connectivity index (χ3v) is 4.97. The SMILES string of the molecule is Brc1ccc(C(Nc2ccccc2)C2CCCCC2)cc1. The van der Waals surface area contributed by atoms with Crippen LogP contribution in [0.3, 0.4) is 0 Å². The fourth-order valence-corrected chi connectivity index (χ4v) is 3.59. The van der Waals surface area contributed by atoms with Crippen molar-refractivity contribution in [2.45, 2.75) is 38.1 Å². The van der Waals surface area contributed by atoms with Crippen LogP contribution in [0, 0.1) is 5.92 Å². The Balaban J connectivity index is 1.84. The molecule has 0 amide bonds. The zero-order valence-electron chi connectivity index (χ0n) is 12.3. The molecule has 21 heavy (non-hydrogen) atoms. The van der Waals surface area contributed by atoms with Crippen LogP contribution < -0.4 is 5.32 Å². The molecule has 0 saturated heterocycles. The molecular formula is C19H22BrN. The van der Waals surface area contributed by atoms with Gasteiger partial charge < -0.3 is 5.32 Å². The molecule has 0 heterocycles. The van der Waals surface area contributed by atoms with Crippen molar-refractivity contribution in [1.29, 1.82) is 0 Å². The Morgan fingerprint density at radius 1 is 0.857 bits per heavy atom. The maximum Gasteiger partial charge on any atom is 0.0542 e. The number of halogens is 1. The summed E-state index contributed by atoms with van der Waals surface area (Å²) in [6.45, 7) is 0. The summed E-state index contributed by atoms with van der Waals surface area (Å²) in [5.41, 5.74) is 2.62. The summed E-state index contributed by atoms with van der Waals surface area (Å²) in [6.07, 6.45) is 6.80. The zero-order valence-corrected chi connectivity index (χ0v) is 13.9. The lowest BCUT2D eigenvalue weighted by atomic mass is 9.81. The second kappa shape index (κ2) is 7.13. The highest BCUT2D eigenvalue weighted by Gasteiger charge is 2.24. The van der Waals surface area contributed by atoms with E-state index in [9.17, 15) is 0 Å². The van der Waals surface area contributed by atoms with E-state index in [4.69, 9.17) is 0 Å². The zero-order chi connectivity index (χ0) is 14.5. The number of nitrogens with one attached hydrogen (secondary N) is 1. The van der Waals surface area contributed by atoms with E-state index in [-0.39, 0.29) is 0 Å². The number of benzene rings is 2. The summed E-state index contributed by atoms with van der Waals surface area (Å²) in [4.78, 5) is 0. The third-order valence-electron chi connectivity index (χ3n) is 4.45. The monoisotopic (exact) mass is 343 g/mol. The lowest BCUT2D eigenvalue weighted by Gasteiger charge is -2.32. The topological polar surface area (TPSA) is 12.0 Å². The molecule has 1 aliphatic carbocycles. The van der Waals surface area contributed by atoms with Crippen LogP contribution in [0.25, 0.3) is 0 Å². The number of hydrogen-bond donors (Lipinski definition) is 1. The van der Waals surface area contributed by atoms with Crippen molar-refractivity contribution in [3.05, 3.63) is 64.6 Å². The lowest BCUT2D eigenvalue weighted by molar-refractivity contribution is 0.321. The van der Waals surface area contributed by atoms with Gasteiger partial charge in [0, 0.05) is 10.2 Å². The first-order valence-electron chi connectivity index (χ1n) is 7.90. The highest BCUT2D eigenvalue weighted by molar-refractivity contribution is 9.10. The van der Waals surface area contributed by atoms with Gasteiger partial charge in [-0.2, -0.15) is 0 Å². The maximum absolute atomic E-state index is 3.77. The van der Waals surface area contributed by atoms with Crippen LogP contribution >= 0.6 is 15.9 Å². The van der Waals surface area contributed by atoms with Crippen LogP contribution in [0.1, 0.15) is 43.7 Å². The van der Waals surface area contributed by atoms with Crippen molar-refractivity contribution in [2.24, 2.45) is 5.92 Å². The average Bonchev–Trinajstić information content (AvgIpc) is 2.55. The fraction of sp³-hybridized carbons (Fsp3) is 0.368. The minimum Gasteiger partial charge on any atom is -0.378 e. The quantitative estimate of drug-likeness (QED) is 0.698. The summed E-state index contributed by atoms with van der Waals surface area (Å²) >= 11 is 3.54. The van der Waals surface area contributed by atoms with Crippen LogP contribution in [-0.4, -0.2) is 0 Å². The van der Waals surface area contributed by atoms with Gasteiger partial charge in [-0.05, 0) is 48.6 Å². The highest BCUT2D eigenvalue weighted by atomic mass is 79.9. The largest absolute Gasteiger partial charge is 0.378 e. The molecule has 1 saturated carbocycles. The van der Waals surface area contributed by atoms with E-state index in [1.54, 1.807) is 0 Å². The first kappa shape index (κ1) is 14.6. The Kier molecular flexibility index (Phi) is 4.97. The van der Waals surface area contributed by atoms with Crippen molar-refractivity contribution in [2.75, 3.05) is 5.32 Å². The molecule has 1 N–H and O–H groups in total. The van der Waals surface area contributed by atoms with Crippen LogP contribution in [0.15, 0.2) is 59.1 Å². The van der Waals surface area contributed by atoms with E-state index in [1.165, 1.54) is 43.4 Å². The first-order chi connectivity index (χ1) is 10.3. The molecule has 0 spiro atoms. The molecule has 1 nitrogen and oxygen atoms in total. The Hall–Kier alpha value is -1.28. The smallest absolute Gasteiger partial charge is 0.0542 e. The van der Waals surface area contributed by atoms with Crippen molar-refractivity contribution in [3.63, 3.8) is 0 Å². The van der Waals surface area contributed by atoms with Crippen molar-refractivity contribution in [3.8, 4) is 0 Å². The van der Waals surface area contributed by atoms with E-state index in [0.717, 1.165) is 10.4 Å². The van der Waals surface area contributed by atoms with E-state index >= 15 is 0 Å². The standard InChI is InChI=1S/C19H22BrN/c20-17-13-11-16(12-14-17)19(15-7-3-1-4-8-15)21-18-9-5-2-6-10-18/h2,5-6,9-15,19,21H,1,3-4,7-8H2. The minimum absolute atomic E-state index is 0.417. The van der Waals surface area contributed by atoms with Gasteiger partial charge in [0.15, 0.2) is 0 Å². The molecule has 1 unspecified atom stereocenters. The van der Waals surface area contributed by atoms with Crippen LogP contribution in [0.4, 0.5) is 5.69 Å². The van der Waals surface area contributed by atoms with Gasteiger partial charge in [0.2, 0.25) is 0 Å². The molecule has 110 valence electrons. The molecule has 0 radical (unpaired) electrons. The normalized spacial score (nSPS) is 17.4. The van der Waals surface area contributed by atoms with Crippen LogP contribution in [-0.2, 0) is 0 Å². The average molecular weight is 344 g/mol. The van der Waals surface area contributed by atoms with E-state index in [1.807, 2.05) is 0 Å². The van der Waals surface area contributed by atoms with Gasteiger partial charge in [-0.3, -0.25) is 0 Å². The lowest BCUT2D eigenvalue weighted by Crippen LogP contribution is -2.23. The van der Waals surface area contributed by atoms with Gasteiger partial charge in [-0.1, -0.05) is 65.5 Å². The second-order valence-corrected chi connectivity index (χ2v) is 6.85. The minimum atomic E-state index is 0.417. The fourth-order valence-electron chi connectivity index (χ4n) is 3.32. The molecule has 2 heteroatoms. The molecule has 2 aromatic rings. The molecule has 2 aromatic carbocycles. The predicted molar refractivity (Wildman–Crippen MR) is 93.5 cm³/mol. The number of anilines is 1. The molecular weight excluding hydrogens is 322 g/mol. The van der Waals surface area contributed by atoms with Gasteiger partial charge in [0.05, 0.1) is 6.04 Å². The van der Waals surface area contributed by atoms with Crippen LogP contribution in [0.2, 0.25) is 0 Å². The Morgan fingerprint density at radius 2 is 1.52 bits per heavy atom. The number of rotatable bonds is 4. The summed E-state index contributed by atoms with van der Waals surface area (Å²) < 4.78 is 1.15. The maximum atomic E-state index is 3.77. The summed E-state index contributed by atoms with van der Waals surface area (Å²) in [5.74, 6) is 0.736. The molecule has 3 rings (SSSR count). The molecule has 0 aliphatic heterocycles. The van der Waals surface area contributed by atoms with E-state index in [0.29, 0.717) is 6.04 Å². The molecule has 1 fully saturated rings. The van der Waals surface area contributed by atoms with Gasteiger partial charge in [-0.15, -0.1) is 0 Å². The highest BCUT2D eigenvalue weighted by Crippen LogP contribution is 2.37. The summed E-state index contributed by atoms with van der Waals surface area (Å²) in [6, 6.07) is 19.8. The summed E-state index contributed by atoms with van der Waals surface area (Å²) in [7, 11) is 0. The molecule has 0 aromatic heterocycles. The summed E-state index contributed by atoms with van der Waals surface area (Å²) in [5, 5.41) is 3.77. The van der Waals surface area contributed by atoms with Gasteiger partial charge in [0.25, 0.3) is 0 Å². The van der Waals surface area contributed by atoms with Crippen molar-refractivity contribution in [1.82, 2.24) is 0 Å². The third kappa shape index (κ3) is 3.88. The Bertz CT molecular complexity index is 544. The predicted octanol–water partition coefficient (Wildman–Crippen LogP) is 6.18. The Morgan fingerprint density at radius 3 is 2.19 bits per heavy atom. The van der Waals surface area contributed by atoms with Gasteiger partial charge in [-0.25, -0.2) is 0 Å². The van der Waals surface area contributed by atoms with E-state index < -0.39 is 0 Å². The van der Waals surface area contributed by atoms with Gasteiger partial charge >= 0.3 is 0 Å². The molecule has 1 atom stereocenters. The second-order valence-electron chi connectivity index (χ2n) is 5.94. The molecule has 0 bridgehead atoms. The van der Waals surface area contributed by atoms with E-state index in [2.05, 4.69) is 75.8 Å². The van der Waals surface area contributed by atoms with Crippen LogP contribution in [0.5, 0.6) is 0 Å². The number of para-hydroxylation sites is 1. The molecule has 1 aliphatic rings. The van der Waals surface area contributed by atoms with Gasteiger partial charge in [0.1, 0.15) is 0 Å². The van der Waals surface area contributed by atoms with Crippen molar-refractivity contribution >= 4 is 21.6 Å². The first-order valence-corrected chi connectivity index (χ1v) is 8.69. The number of hydrogen-bond acceptors (Lipinski definition) is 1. The Labute approximate surface area is 135 Å². The van der Waals surface area contributed by atoms with Crippen molar-refractivity contribution < 1.29 is 0 Å².